The zero-order valence-corrected chi connectivity index (χ0v) is 14.8. The molecule has 6 heteroatoms. The third-order valence-electron chi connectivity index (χ3n) is 3.93. The van der Waals surface area contributed by atoms with Gasteiger partial charge in [0.15, 0.2) is 0 Å². The number of rotatable bonds is 4. The van der Waals surface area contributed by atoms with Crippen molar-refractivity contribution in [1.82, 2.24) is 14.5 Å². The number of halogens is 1. The summed E-state index contributed by atoms with van der Waals surface area (Å²) in [6, 6.07) is 5.60. The Bertz CT molecular complexity index is 995. The molecule has 0 unspecified atom stereocenters. The van der Waals surface area contributed by atoms with Crippen molar-refractivity contribution >= 4 is 16.6 Å². The van der Waals surface area contributed by atoms with Gasteiger partial charge < -0.3 is 9.88 Å². The molecule has 0 saturated heterocycles. The molecule has 3 heterocycles. The Kier molecular flexibility index (Phi) is 4.53. The lowest BCUT2D eigenvalue weighted by Gasteiger charge is -2.14. The highest BCUT2D eigenvalue weighted by Crippen LogP contribution is 2.23. The number of nitrogens with one attached hydrogen (secondary N) is 1. The van der Waals surface area contributed by atoms with Gasteiger partial charge in [0.05, 0.1) is 5.39 Å². The van der Waals surface area contributed by atoms with Crippen LogP contribution in [0, 0.1) is 12.7 Å². The predicted molar refractivity (Wildman–Crippen MR) is 97.5 cm³/mol. The molecule has 5 nitrogen and oxygen atoms in total. The second-order valence-electron chi connectivity index (χ2n) is 6.58. The van der Waals surface area contributed by atoms with Crippen LogP contribution in [0.1, 0.15) is 30.8 Å². The molecule has 0 fully saturated rings. The summed E-state index contributed by atoms with van der Waals surface area (Å²) in [4.78, 5) is 21.4. The van der Waals surface area contributed by atoms with Gasteiger partial charge in [-0.25, -0.2) is 9.37 Å². The number of aryl methyl sites for hydroxylation is 2. The normalized spacial score (nSPS) is 11.3. The number of aromatic nitrogens is 3. The topological polar surface area (TPSA) is 59.8 Å². The zero-order valence-electron chi connectivity index (χ0n) is 14.8. The van der Waals surface area contributed by atoms with Gasteiger partial charge in [-0.3, -0.25) is 9.78 Å². The molecule has 3 aromatic heterocycles. The summed E-state index contributed by atoms with van der Waals surface area (Å²) < 4.78 is 15.7. The molecule has 0 atom stereocenters. The first kappa shape index (κ1) is 17.1. The van der Waals surface area contributed by atoms with Crippen LogP contribution >= 0.6 is 0 Å². The number of hydrogen-bond acceptors (Lipinski definition) is 4. The number of fused-ring (bicyclic) bond motifs is 1. The summed E-state index contributed by atoms with van der Waals surface area (Å²) >= 11 is 0. The number of pyridine rings is 3. The highest BCUT2D eigenvalue weighted by molar-refractivity contribution is 5.92. The van der Waals surface area contributed by atoms with E-state index in [1.54, 1.807) is 12.3 Å². The van der Waals surface area contributed by atoms with Crippen molar-refractivity contribution in [3.63, 3.8) is 0 Å². The van der Waals surface area contributed by atoms with Crippen LogP contribution in [0.3, 0.4) is 0 Å². The summed E-state index contributed by atoms with van der Waals surface area (Å²) in [7, 11) is 1.54. The average Bonchev–Trinajstić information content (AvgIpc) is 2.52. The molecular weight excluding hydrogens is 319 g/mol. The summed E-state index contributed by atoms with van der Waals surface area (Å²) in [5.41, 5.74) is 2.35. The maximum absolute atomic E-state index is 14.5. The van der Waals surface area contributed by atoms with E-state index in [1.807, 2.05) is 32.9 Å². The standard InChI is InChI=1S/C19H21FN4O/c1-11(2)22-18-17-15(16(20)10-24(4)19(17)25)9-14(23-18)8-13-7-12(3)5-6-21-13/h5-7,9-11H,8H2,1-4H3,(H,22,23). The van der Waals surface area contributed by atoms with Gasteiger partial charge in [-0.1, -0.05) is 0 Å². The third-order valence-corrected chi connectivity index (χ3v) is 3.93. The van der Waals surface area contributed by atoms with Crippen LogP contribution in [0.15, 0.2) is 35.4 Å². The summed E-state index contributed by atoms with van der Waals surface area (Å²) in [5, 5.41) is 3.73. The highest BCUT2D eigenvalue weighted by atomic mass is 19.1. The molecule has 0 radical (unpaired) electrons. The van der Waals surface area contributed by atoms with Gasteiger partial charge in [-0.05, 0) is 44.5 Å². The third kappa shape index (κ3) is 3.52. The lowest BCUT2D eigenvalue weighted by Crippen LogP contribution is -2.21. The van der Waals surface area contributed by atoms with Crippen molar-refractivity contribution in [2.75, 3.05) is 5.32 Å². The lowest BCUT2D eigenvalue weighted by atomic mass is 10.1. The minimum absolute atomic E-state index is 0.0658. The molecule has 25 heavy (non-hydrogen) atoms. The van der Waals surface area contributed by atoms with E-state index < -0.39 is 5.82 Å². The van der Waals surface area contributed by atoms with Crippen molar-refractivity contribution in [2.45, 2.75) is 33.2 Å². The Morgan fingerprint density at radius 1 is 1.28 bits per heavy atom. The fraction of sp³-hybridized carbons (Fsp3) is 0.316. The van der Waals surface area contributed by atoms with E-state index >= 15 is 0 Å². The molecule has 0 aromatic carbocycles. The van der Waals surface area contributed by atoms with Crippen molar-refractivity contribution in [2.24, 2.45) is 7.05 Å². The Balaban J connectivity index is 2.19. The number of hydrogen-bond donors (Lipinski definition) is 1. The van der Waals surface area contributed by atoms with Crippen LogP contribution in [-0.2, 0) is 13.5 Å². The zero-order chi connectivity index (χ0) is 18.1. The van der Waals surface area contributed by atoms with Crippen LogP contribution in [0.4, 0.5) is 10.2 Å². The van der Waals surface area contributed by atoms with E-state index in [0.29, 0.717) is 17.9 Å². The molecule has 0 aliphatic carbocycles. The smallest absolute Gasteiger partial charge is 0.262 e. The second-order valence-corrected chi connectivity index (χ2v) is 6.58. The van der Waals surface area contributed by atoms with Gasteiger partial charge in [0.25, 0.3) is 5.56 Å². The van der Waals surface area contributed by atoms with E-state index in [4.69, 9.17) is 0 Å². The molecule has 130 valence electrons. The first-order valence-electron chi connectivity index (χ1n) is 8.22. The first-order valence-corrected chi connectivity index (χ1v) is 8.22. The van der Waals surface area contributed by atoms with Gasteiger partial charge in [0, 0.05) is 48.7 Å². The highest BCUT2D eigenvalue weighted by Gasteiger charge is 2.16. The number of nitrogens with zero attached hydrogens (tertiary/aromatic N) is 3. The molecule has 3 aromatic rings. The van der Waals surface area contributed by atoms with Crippen molar-refractivity contribution in [3.8, 4) is 0 Å². The quantitative estimate of drug-likeness (QED) is 0.792. The maximum Gasteiger partial charge on any atom is 0.262 e. The molecule has 0 spiro atoms. The number of anilines is 1. The summed E-state index contributed by atoms with van der Waals surface area (Å²) in [6.07, 6.45) is 3.42. The summed E-state index contributed by atoms with van der Waals surface area (Å²) in [5.74, 6) is -0.0278. The first-order chi connectivity index (χ1) is 11.8. The monoisotopic (exact) mass is 340 g/mol. The minimum Gasteiger partial charge on any atom is -0.367 e. The van der Waals surface area contributed by atoms with E-state index in [-0.39, 0.29) is 22.4 Å². The largest absolute Gasteiger partial charge is 0.367 e. The van der Waals surface area contributed by atoms with E-state index in [9.17, 15) is 9.18 Å². The molecule has 0 bridgehead atoms. The van der Waals surface area contributed by atoms with Gasteiger partial charge in [-0.15, -0.1) is 0 Å². The molecule has 3 rings (SSSR count). The lowest BCUT2D eigenvalue weighted by molar-refractivity contribution is 0.618. The maximum atomic E-state index is 14.5. The molecule has 1 N–H and O–H groups in total. The molecular formula is C19H21FN4O. The van der Waals surface area contributed by atoms with Gasteiger partial charge in [0.2, 0.25) is 0 Å². The van der Waals surface area contributed by atoms with Crippen LogP contribution in [0.5, 0.6) is 0 Å². The Morgan fingerprint density at radius 3 is 2.72 bits per heavy atom. The second kappa shape index (κ2) is 6.63. The van der Waals surface area contributed by atoms with Crippen molar-refractivity contribution < 1.29 is 4.39 Å². The Hall–Kier alpha value is -2.76. The summed E-state index contributed by atoms with van der Waals surface area (Å²) in [6.45, 7) is 5.90. The SMILES string of the molecule is Cc1ccnc(Cc2cc3c(F)cn(C)c(=O)c3c(NC(C)C)n2)c1. The van der Waals surface area contributed by atoms with Crippen LogP contribution in [-0.4, -0.2) is 20.6 Å². The van der Waals surface area contributed by atoms with E-state index in [2.05, 4.69) is 15.3 Å². The fourth-order valence-corrected chi connectivity index (χ4v) is 2.83. The Labute approximate surface area is 145 Å². The molecule has 0 amide bonds. The molecule has 0 aliphatic rings. The van der Waals surface area contributed by atoms with Gasteiger partial charge in [0.1, 0.15) is 11.6 Å². The minimum atomic E-state index is -0.440. The van der Waals surface area contributed by atoms with Gasteiger partial charge in [-0.2, -0.15) is 0 Å². The average molecular weight is 340 g/mol. The van der Waals surface area contributed by atoms with Crippen molar-refractivity contribution in [3.05, 3.63) is 63.7 Å². The van der Waals surface area contributed by atoms with E-state index in [0.717, 1.165) is 11.3 Å². The van der Waals surface area contributed by atoms with Crippen LogP contribution in [0.2, 0.25) is 0 Å². The fourth-order valence-electron chi connectivity index (χ4n) is 2.83. The predicted octanol–water partition coefficient (Wildman–Crippen LogP) is 3.19. The van der Waals surface area contributed by atoms with Gasteiger partial charge >= 0.3 is 0 Å². The van der Waals surface area contributed by atoms with Crippen molar-refractivity contribution in [1.29, 1.82) is 0 Å². The van der Waals surface area contributed by atoms with Crippen LogP contribution in [0.25, 0.3) is 10.8 Å². The molecule has 0 aliphatic heterocycles. The molecule has 0 saturated carbocycles. The Morgan fingerprint density at radius 2 is 2.04 bits per heavy atom. The van der Waals surface area contributed by atoms with Crippen LogP contribution < -0.4 is 10.9 Å². The van der Waals surface area contributed by atoms with E-state index in [1.165, 1.54) is 17.8 Å².